The highest BCUT2D eigenvalue weighted by atomic mass is 79.9. The molecule has 0 spiro atoms. The first-order valence-electron chi connectivity index (χ1n) is 4.91. The summed E-state index contributed by atoms with van der Waals surface area (Å²) in [5.41, 5.74) is 0. The van der Waals surface area contributed by atoms with Gasteiger partial charge in [-0.25, -0.2) is 9.97 Å². The summed E-state index contributed by atoms with van der Waals surface area (Å²) < 4.78 is 0.957. The predicted molar refractivity (Wildman–Crippen MR) is 69.4 cm³/mol. The minimum Gasteiger partial charge on any atom is -0.357 e. The van der Waals surface area contributed by atoms with E-state index in [0.717, 1.165) is 9.50 Å². The van der Waals surface area contributed by atoms with Gasteiger partial charge in [-0.1, -0.05) is 20.8 Å². The lowest BCUT2D eigenvalue weighted by Gasteiger charge is -2.15. The van der Waals surface area contributed by atoms with Gasteiger partial charge in [0.2, 0.25) is 5.95 Å². The van der Waals surface area contributed by atoms with Crippen LogP contribution < -0.4 is 5.32 Å². The molecule has 0 fully saturated rings. The van der Waals surface area contributed by atoms with Gasteiger partial charge in [-0.3, -0.25) is 0 Å². The Kier molecular flexibility index (Phi) is 4.86. The molecule has 1 rings (SSSR count). The Morgan fingerprint density at radius 3 is 2.60 bits per heavy atom. The van der Waals surface area contributed by atoms with E-state index in [4.69, 9.17) is 0 Å². The van der Waals surface area contributed by atoms with Gasteiger partial charge in [-0.05, 0) is 21.8 Å². The van der Waals surface area contributed by atoms with Gasteiger partial charge in [0, 0.05) is 18.5 Å². The van der Waals surface area contributed by atoms with E-state index in [0.29, 0.717) is 17.1 Å². The molecule has 0 aromatic carbocycles. The molecular formula is C10H16BrN3S. The molecule has 0 aliphatic carbocycles. The van der Waals surface area contributed by atoms with E-state index in [9.17, 15) is 0 Å². The van der Waals surface area contributed by atoms with Crippen molar-refractivity contribution >= 4 is 33.6 Å². The lowest BCUT2D eigenvalue weighted by Crippen LogP contribution is -2.07. The second-order valence-electron chi connectivity index (χ2n) is 3.66. The molecule has 0 saturated heterocycles. The van der Waals surface area contributed by atoms with Crippen molar-refractivity contribution < 1.29 is 0 Å². The van der Waals surface area contributed by atoms with Crippen LogP contribution in [0.1, 0.15) is 20.8 Å². The highest BCUT2D eigenvalue weighted by Crippen LogP contribution is 2.31. The van der Waals surface area contributed by atoms with Gasteiger partial charge in [0.05, 0.1) is 4.47 Å². The van der Waals surface area contributed by atoms with Crippen molar-refractivity contribution in [2.24, 2.45) is 5.92 Å². The molecule has 0 saturated carbocycles. The minimum atomic E-state index is 0.543. The Morgan fingerprint density at radius 2 is 2.07 bits per heavy atom. The Morgan fingerprint density at radius 1 is 1.40 bits per heavy atom. The third-order valence-electron chi connectivity index (χ3n) is 2.17. The summed E-state index contributed by atoms with van der Waals surface area (Å²) in [4.78, 5) is 8.53. The molecular weight excluding hydrogens is 274 g/mol. The maximum atomic E-state index is 4.41. The first-order chi connectivity index (χ1) is 7.04. The largest absolute Gasteiger partial charge is 0.357 e. The average Bonchev–Trinajstić information content (AvgIpc) is 2.21. The molecule has 1 atom stereocenters. The second-order valence-corrected chi connectivity index (χ2v) is 5.88. The monoisotopic (exact) mass is 289 g/mol. The van der Waals surface area contributed by atoms with E-state index in [2.05, 4.69) is 52.0 Å². The molecule has 1 heterocycles. The summed E-state index contributed by atoms with van der Waals surface area (Å²) in [6.07, 6.45) is 1.79. The number of hydrogen-bond acceptors (Lipinski definition) is 4. The molecule has 84 valence electrons. The molecule has 0 amide bonds. The normalized spacial score (nSPS) is 12.9. The van der Waals surface area contributed by atoms with Gasteiger partial charge in [0.25, 0.3) is 0 Å². The van der Waals surface area contributed by atoms with Crippen LogP contribution in [0.25, 0.3) is 0 Å². The zero-order valence-corrected chi connectivity index (χ0v) is 11.8. The van der Waals surface area contributed by atoms with Crippen LogP contribution in [0.5, 0.6) is 0 Å². The van der Waals surface area contributed by atoms with Crippen LogP contribution >= 0.6 is 27.7 Å². The van der Waals surface area contributed by atoms with Crippen molar-refractivity contribution in [2.75, 3.05) is 12.4 Å². The molecule has 0 aliphatic rings. The number of aromatic nitrogens is 2. The second kappa shape index (κ2) is 5.70. The van der Waals surface area contributed by atoms with Crippen molar-refractivity contribution in [1.82, 2.24) is 9.97 Å². The number of thioether (sulfide) groups is 1. The third-order valence-corrected chi connectivity index (χ3v) is 4.47. The van der Waals surface area contributed by atoms with Crippen LogP contribution in [0.15, 0.2) is 15.7 Å². The number of nitrogens with zero attached hydrogens (tertiary/aromatic N) is 2. The molecule has 1 aromatic heterocycles. The minimum absolute atomic E-state index is 0.543. The first-order valence-corrected chi connectivity index (χ1v) is 6.58. The van der Waals surface area contributed by atoms with Crippen LogP contribution in [-0.2, 0) is 0 Å². The summed E-state index contributed by atoms with van der Waals surface area (Å²) in [6.45, 7) is 6.64. The van der Waals surface area contributed by atoms with Gasteiger partial charge in [0.15, 0.2) is 0 Å². The molecule has 1 aromatic rings. The fourth-order valence-electron chi connectivity index (χ4n) is 0.867. The number of nitrogens with one attached hydrogen (secondary N) is 1. The SMILES string of the molecule is CNc1ncc(Br)c(SC(C)C(C)C)n1. The topological polar surface area (TPSA) is 37.8 Å². The smallest absolute Gasteiger partial charge is 0.223 e. The molecule has 0 aliphatic heterocycles. The Bertz CT molecular complexity index is 330. The standard InChI is InChI=1S/C10H16BrN3S/c1-6(2)7(3)15-9-8(11)5-13-10(12-4)14-9/h5-7H,1-4H3,(H,12,13,14). The molecule has 0 radical (unpaired) electrons. The van der Waals surface area contributed by atoms with Crippen molar-refractivity contribution in [2.45, 2.75) is 31.0 Å². The molecule has 0 bridgehead atoms. The summed E-state index contributed by atoms with van der Waals surface area (Å²) in [6, 6.07) is 0. The van der Waals surface area contributed by atoms with Crippen LogP contribution in [0.3, 0.4) is 0 Å². The van der Waals surface area contributed by atoms with Crippen molar-refractivity contribution in [3.05, 3.63) is 10.7 Å². The van der Waals surface area contributed by atoms with E-state index in [-0.39, 0.29) is 0 Å². The number of rotatable bonds is 4. The van der Waals surface area contributed by atoms with Crippen LogP contribution in [0.2, 0.25) is 0 Å². The zero-order valence-electron chi connectivity index (χ0n) is 9.41. The maximum Gasteiger partial charge on any atom is 0.223 e. The molecule has 5 heteroatoms. The summed E-state index contributed by atoms with van der Waals surface area (Å²) in [5.74, 6) is 1.30. The predicted octanol–water partition coefficient (Wildman–Crippen LogP) is 3.42. The number of anilines is 1. The summed E-state index contributed by atoms with van der Waals surface area (Å²) in [5, 5.41) is 4.48. The molecule has 1 unspecified atom stereocenters. The van der Waals surface area contributed by atoms with Gasteiger partial charge >= 0.3 is 0 Å². The molecule has 3 nitrogen and oxygen atoms in total. The lowest BCUT2D eigenvalue weighted by molar-refractivity contribution is 0.641. The van der Waals surface area contributed by atoms with Crippen LogP contribution in [0, 0.1) is 5.92 Å². The Labute approximate surface area is 104 Å². The average molecular weight is 290 g/mol. The highest BCUT2D eigenvalue weighted by molar-refractivity contribution is 9.10. The molecule has 15 heavy (non-hydrogen) atoms. The van der Waals surface area contributed by atoms with E-state index >= 15 is 0 Å². The maximum absolute atomic E-state index is 4.41. The van der Waals surface area contributed by atoms with Gasteiger partial charge in [-0.2, -0.15) is 0 Å². The van der Waals surface area contributed by atoms with E-state index in [1.807, 2.05) is 7.05 Å². The fourth-order valence-corrected chi connectivity index (χ4v) is 2.27. The van der Waals surface area contributed by atoms with Crippen molar-refractivity contribution in [3.63, 3.8) is 0 Å². The quantitative estimate of drug-likeness (QED) is 0.681. The number of halogens is 1. The number of hydrogen-bond donors (Lipinski definition) is 1. The molecule has 1 N–H and O–H groups in total. The van der Waals surface area contributed by atoms with Crippen LogP contribution in [-0.4, -0.2) is 22.3 Å². The van der Waals surface area contributed by atoms with Crippen LogP contribution in [0.4, 0.5) is 5.95 Å². The van der Waals surface area contributed by atoms with E-state index in [1.54, 1.807) is 18.0 Å². The summed E-state index contributed by atoms with van der Waals surface area (Å²) >= 11 is 5.23. The lowest BCUT2D eigenvalue weighted by atomic mass is 10.2. The third kappa shape index (κ3) is 3.65. The highest BCUT2D eigenvalue weighted by Gasteiger charge is 2.13. The van der Waals surface area contributed by atoms with Crippen molar-refractivity contribution in [3.8, 4) is 0 Å². The van der Waals surface area contributed by atoms with E-state index < -0.39 is 0 Å². The Hall–Kier alpha value is -0.290. The van der Waals surface area contributed by atoms with Gasteiger partial charge in [-0.15, -0.1) is 11.8 Å². The summed E-state index contributed by atoms with van der Waals surface area (Å²) in [7, 11) is 1.82. The Balaban J connectivity index is 2.83. The van der Waals surface area contributed by atoms with Crippen molar-refractivity contribution in [1.29, 1.82) is 0 Å². The van der Waals surface area contributed by atoms with E-state index in [1.165, 1.54) is 0 Å². The fraction of sp³-hybridized carbons (Fsp3) is 0.600. The first kappa shape index (κ1) is 12.8. The van der Waals surface area contributed by atoms with Gasteiger partial charge in [0.1, 0.15) is 5.03 Å². The zero-order chi connectivity index (χ0) is 11.4. The van der Waals surface area contributed by atoms with Gasteiger partial charge < -0.3 is 5.32 Å².